The third kappa shape index (κ3) is 4.07. The smallest absolute Gasteiger partial charge is 0.0317 e. The highest BCUT2D eigenvalue weighted by Gasteiger charge is 2.13. The Morgan fingerprint density at radius 3 is 2.41 bits per heavy atom. The van der Waals surface area contributed by atoms with Gasteiger partial charge in [-0.1, -0.05) is 46.1 Å². The Morgan fingerprint density at radius 1 is 1.06 bits per heavy atom. The van der Waals surface area contributed by atoms with Gasteiger partial charge in [0, 0.05) is 5.69 Å². The van der Waals surface area contributed by atoms with Crippen molar-refractivity contribution in [1.29, 1.82) is 0 Å². The fourth-order valence-corrected chi connectivity index (χ4v) is 2.57. The lowest BCUT2D eigenvalue weighted by Gasteiger charge is -2.20. The number of hydrogen-bond acceptors (Lipinski definition) is 1. The molecule has 1 aromatic rings. The molecule has 0 aromatic heterocycles. The third-order valence-corrected chi connectivity index (χ3v) is 3.53. The third-order valence-electron chi connectivity index (χ3n) is 3.53. The fraction of sp³-hybridized carbons (Fsp3) is 0.625. The van der Waals surface area contributed by atoms with Gasteiger partial charge >= 0.3 is 0 Å². The summed E-state index contributed by atoms with van der Waals surface area (Å²) in [5, 5.41) is 0. The second kappa shape index (κ2) is 7.37. The highest BCUT2D eigenvalue weighted by molar-refractivity contribution is 5.46. The zero-order valence-corrected chi connectivity index (χ0v) is 11.6. The predicted octanol–water partition coefficient (Wildman–Crippen LogP) is 4.91. The van der Waals surface area contributed by atoms with Gasteiger partial charge in [-0.05, 0) is 48.4 Å². The summed E-state index contributed by atoms with van der Waals surface area (Å²) in [5.41, 5.74) is 9.84. The van der Waals surface area contributed by atoms with Crippen molar-refractivity contribution in [3.05, 3.63) is 29.3 Å². The lowest BCUT2D eigenvalue weighted by molar-refractivity contribution is 0.538. The number of unbranched alkanes of at least 4 members (excludes halogenated alkanes) is 1. The second-order valence-electron chi connectivity index (χ2n) is 4.94. The number of aryl methyl sites for hydroxylation is 1. The second-order valence-corrected chi connectivity index (χ2v) is 4.94. The minimum absolute atomic E-state index is 0.707. The average Bonchev–Trinajstić information content (AvgIpc) is 2.34. The van der Waals surface area contributed by atoms with Crippen LogP contribution in [0.1, 0.15) is 69.9 Å². The van der Waals surface area contributed by atoms with Crippen LogP contribution in [-0.2, 0) is 6.42 Å². The van der Waals surface area contributed by atoms with Crippen LogP contribution in [0.3, 0.4) is 0 Å². The molecule has 0 saturated carbocycles. The van der Waals surface area contributed by atoms with Gasteiger partial charge in [0.25, 0.3) is 0 Å². The minimum atomic E-state index is 0.707. The summed E-state index contributed by atoms with van der Waals surface area (Å²) in [4.78, 5) is 0. The van der Waals surface area contributed by atoms with Crippen molar-refractivity contribution >= 4 is 5.69 Å². The standard InChI is InChI=1S/C16H27N/c1-4-7-9-14(8-5-2)16-12-15(17)11-10-13(16)6-3/h10-12,14H,4-9,17H2,1-3H3. The van der Waals surface area contributed by atoms with Crippen LogP contribution in [0.25, 0.3) is 0 Å². The first-order chi connectivity index (χ1) is 8.22. The number of benzene rings is 1. The van der Waals surface area contributed by atoms with E-state index < -0.39 is 0 Å². The van der Waals surface area contributed by atoms with E-state index >= 15 is 0 Å². The van der Waals surface area contributed by atoms with Crippen LogP contribution in [0.4, 0.5) is 5.69 Å². The van der Waals surface area contributed by atoms with Crippen LogP contribution in [-0.4, -0.2) is 0 Å². The molecule has 1 rings (SSSR count). The van der Waals surface area contributed by atoms with E-state index in [4.69, 9.17) is 5.73 Å². The lowest BCUT2D eigenvalue weighted by Crippen LogP contribution is -2.04. The van der Waals surface area contributed by atoms with Crippen molar-refractivity contribution in [2.75, 3.05) is 5.73 Å². The summed E-state index contributed by atoms with van der Waals surface area (Å²) in [6.45, 7) is 6.78. The fourth-order valence-electron chi connectivity index (χ4n) is 2.57. The van der Waals surface area contributed by atoms with Gasteiger partial charge in [0.2, 0.25) is 0 Å². The SMILES string of the molecule is CCCCC(CCC)c1cc(N)ccc1CC. The van der Waals surface area contributed by atoms with Crippen LogP contribution in [0, 0.1) is 0 Å². The molecule has 0 radical (unpaired) electrons. The maximum atomic E-state index is 5.94. The van der Waals surface area contributed by atoms with Gasteiger partial charge in [-0.25, -0.2) is 0 Å². The Balaban J connectivity index is 2.93. The molecule has 0 bridgehead atoms. The minimum Gasteiger partial charge on any atom is -0.399 e. The van der Waals surface area contributed by atoms with Gasteiger partial charge in [-0.2, -0.15) is 0 Å². The maximum absolute atomic E-state index is 5.94. The molecule has 0 heterocycles. The Hall–Kier alpha value is -0.980. The molecular formula is C16H27N. The van der Waals surface area contributed by atoms with Gasteiger partial charge in [0.1, 0.15) is 0 Å². The molecule has 0 spiro atoms. The zero-order chi connectivity index (χ0) is 12.7. The van der Waals surface area contributed by atoms with Crippen molar-refractivity contribution < 1.29 is 0 Å². The normalized spacial score (nSPS) is 12.6. The summed E-state index contributed by atoms with van der Waals surface area (Å²) < 4.78 is 0. The average molecular weight is 233 g/mol. The first-order valence-electron chi connectivity index (χ1n) is 7.11. The van der Waals surface area contributed by atoms with E-state index in [9.17, 15) is 0 Å². The summed E-state index contributed by atoms with van der Waals surface area (Å²) in [7, 11) is 0. The quantitative estimate of drug-likeness (QED) is 0.666. The van der Waals surface area contributed by atoms with Crippen molar-refractivity contribution in [2.45, 2.75) is 65.2 Å². The van der Waals surface area contributed by atoms with Crippen LogP contribution >= 0.6 is 0 Å². The highest BCUT2D eigenvalue weighted by atomic mass is 14.5. The first-order valence-corrected chi connectivity index (χ1v) is 7.11. The van der Waals surface area contributed by atoms with Gasteiger partial charge in [0.05, 0.1) is 0 Å². The largest absolute Gasteiger partial charge is 0.399 e. The molecule has 1 atom stereocenters. The van der Waals surface area contributed by atoms with E-state index in [0.717, 1.165) is 12.1 Å². The van der Waals surface area contributed by atoms with Gasteiger partial charge in [0.15, 0.2) is 0 Å². The highest BCUT2D eigenvalue weighted by Crippen LogP contribution is 2.31. The molecule has 1 nitrogen and oxygen atoms in total. The van der Waals surface area contributed by atoms with E-state index in [1.165, 1.54) is 43.2 Å². The molecule has 1 aromatic carbocycles. The molecule has 96 valence electrons. The number of rotatable bonds is 7. The zero-order valence-electron chi connectivity index (χ0n) is 11.6. The topological polar surface area (TPSA) is 26.0 Å². The number of anilines is 1. The molecule has 17 heavy (non-hydrogen) atoms. The number of hydrogen-bond donors (Lipinski definition) is 1. The summed E-state index contributed by atoms with van der Waals surface area (Å²) in [6, 6.07) is 6.44. The molecule has 0 aliphatic rings. The van der Waals surface area contributed by atoms with E-state index in [0.29, 0.717) is 5.92 Å². The van der Waals surface area contributed by atoms with Crippen molar-refractivity contribution in [2.24, 2.45) is 0 Å². The number of nitrogen functional groups attached to an aromatic ring is 1. The van der Waals surface area contributed by atoms with Crippen LogP contribution in [0.15, 0.2) is 18.2 Å². The molecule has 0 aliphatic heterocycles. The molecule has 0 saturated heterocycles. The molecule has 0 aliphatic carbocycles. The van der Waals surface area contributed by atoms with Crippen LogP contribution < -0.4 is 5.73 Å². The molecule has 2 N–H and O–H groups in total. The summed E-state index contributed by atoms with van der Waals surface area (Å²) in [5.74, 6) is 0.707. The Morgan fingerprint density at radius 2 is 1.82 bits per heavy atom. The predicted molar refractivity (Wildman–Crippen MR) is 77.4 cm³/mol. The molecule has 1 unspecified atom stereocenters. The molecular weight excluding hydrogens is 206 g/mol. The van der Waals surface area contributed by atoms with Gasteiger partial charge in [-0.3, -0.25) is 0 Å². The monoisotopic (exact) mass is 233 g/mol. The molecule has 0 amide bonds. The lowest BCUT2D eigenvalue weighted by atomic mass is 9.86. The summed E-state index contributed by atoms with van der Waals surface area (Å²) >= 11 is 0. The Labute approximate surface area is 106 Å². The molecule has 1 heteroatoms. The van der Waals surface area contributed by atoms with Crippen molar-refractivity contribution in [1.82, 2.24) is 0 Å². The first kappa shape index (κ1) is 14.1. The van der Waals surface area contributed by atoms with E-state index in [-0.39, 0.29) is 0 Å². The Kier molecular flexibility index (Phi) is 6.10. The van der Waals surface area contributed by atoms with Crippen molar-refractivity contribution in [3.8, 4) is 0 Å². The van der Waals surface area contributed by atoms with E-state index in [1.807, 2.05) is 6.07 Å². The maximum Gasteiger partial charge on any atom is 0.0317 e. The van der Waals surface area contributed by atoms with Crippen LogP contribution in [0.2, 0.25) is 0 Å². The summed E-state index contributed by atoms with van der Waals surface area (Å²) in [6.07, 6.45) is 7.57. The van der Waals surface area contributed by atoms with Crippen molar-refractivity contribution in [3.63, 3.8) is 0 Å². The van der Waals surface area contributed by atoms with Crippen LogP contribution in [0.5, 0.6) is 0 Å². The van der Waals surface area contributed by atoms with E-state index in [2.05, 4.69) is 32.9 Å². The molecule has 0 fully saturated rings. The van der Waals surface area contributed by atoms with Gasteiger partial charge < -0.3 is 5.73 Å². The van der Waals surface area contributed by atoms with Gasteiger partial charge in [-0.15, -0.1) is 0 Å². The Bertz CT molecular complexity index is 330. The van der Waals surface area contributed by atoms with E-state index in [1.54, 1.807) is 0 Å². The number of nitrogens with two attached hydrogens (primary N) is 1.